The van der Waals surface area contributed by atoms with Crippen LogP contribution < -0.4 is 10.1 Å². The third-order valence-corrected chi connectivity index (χ3v) is 2.66. The van der Waals surface area contributed by atoms with Crippen LogP contribution in [0.1, 0.15) is 24.7 Å². The molecule has 0 atom stereocenters. The standard InChI is InChI=1S/C14H25N3O3/c1-5-15-13-11(2)14(17-12(3)16-13)20-10-9-19-8-6-7-18-4/h5-10H2,1-4H3,(H,15,16,17). The van der Waals surface area contributed by atoms with Crippen molar-refractivity contribution in [2.24, 2.45) is 0 Å². The molecule has 20 heavy (non-hydrogen) atoms. The Labute approximate surface area is 120 Å². The van der Waals surface area contributed by atoms with Gasteiger partial charge in [-0.2, -0.15) is 4.98 Å². The van der Waals surface area contributed by atoms with Gasteiger partial charge in [0.1, 0.15) is 18.2 Å². The molecular formula is C14H25N3O3. The van der Waals surface area contributed by atoms with Crippen molar-refractivity contribution in [1.82, 2.24) is 9.97 Å². The Hall–Kier alpha value is -1.40. The molecule has 0 bridgehead atoms. The quantitative estimate of drug-likeness (QED) is 0.662. The lowest BCUT2D eigenvalue weighted by Crippen LogP contribution is -2.12. The van der Waals surface area contributed by atoms with Gasteiger partial charge in [-0.25, -0.2) is 4.98 Å². The van der Waals surface area contributed by atoms with E-state index in [-0.39, 0.29) is 0 Å². The molecule has 1 rings (SSSR count). The second kappa shape index (κ2) is 9.50. The molecule has 0 radical (unpaired) electrons. The Morgan fingerprint density at radius 1 is 1.05 bits per heavy atom. The van der Waals surface area contributed by atoms with E-state index in [0.717, 1.165) is 31.0 Å². The fraction of sp³-hybridized carbons (Fsp3) is 0.714. The number of anilines is 1. The Morgan fingerprint density at radius 2 is 1.85 bits per heavy atom. The van der Waals surface area contributed by atoms with E-state index in [9.17, 15) is 0 Å². The Bertz CT molecular complexity index is 399. The number of nitrogens with zero attached hydrogens (tertiary/aromatic N) is 2. The minimum Gasteiger partial charge on any atom is -0.475 e. The van der Waals surface area contributed by atoms with Crippen LogP contribution >= 0.6 is 0 Å². The second-order valence-electron chi connectivity index (χ2n) is 4.39. The van der Waals surface area contributed by atoms with E-state index in [0.29, 0.717) is 31.5 Å². The van der Waals surface area contributed by atoms with E-state index in [1.165, 1.54) is 0 Å². The number of ether oxygens (including phenoxy) is 3. The summed E-state index contributed by atoms with van der Waals surface area (Å²) in [5.74, 6) is 2.15. The Kier molecular flexibility index (Phi) is 7.91. The largest absolute Gasteiger partial charge is 0.475 e. The minimum absolute atomic E-state index is 0.482. The zero-order valence-electron chi connectivity index (χ0n) is 12.9. The number of rotatable bonds is 10. The highest BCUT2D eigenvalue weighted by Crippen LogP contribution is 2.21. The molecular weight excluding hydrogens is 258 g/mol. The van der Waals surface area contributed by atoms with Gasteiger partial charge >= 0.3 is 0 Å². The summed E-state index contributed by atoms with van der Waals surface area (Å²) in [5, 5.41) is 3.21. The fourth-order valence-corrected chi connectivity index (χ4v) is 1.69. The third kappa shape index (κ3) is 5.71. The highest BCUT2D eigenvalue weighted by Gasteiger charge is 2.09. The number of methoxy groups -OCH3 is 1. The fourth-order valence-electron chi connectivity index (χ4n) is 1.69. The maximum atomic E-state index is 5.66. The van der Waals surface area contributed by atoms with Crippen molar-refractivity contribution in [3.8, 4) is 5.88 Å². The van der Waals surface area contributed by atoms with Gasteiger partial charge in [0.15, 0.2) is 0 Å². The zero-order chi connectivity index (χ0) is 14.8. The van der Waals surface area contributed by atoms with E-state index in [1.807, 2.05) is 20.8 Å². The van der Waals surface area contributed by atoms with Crippen LogP contribution in [0.4, 0.5) is 5.82 Å². The molecule has 0 amide bonds. The lowest BCUT2D eigenvalue weighted by Gasteiger charge is -2.13. The van der Waals surface area contributed by atoms with Crippen molar-refractivity contribution in [2.45, 2.75) is 27.2 Å². The predicted molar refractivity (Wildman–Crippen MR) is 78.5 cm³/mol. The number of aryl methyl sites for hydroxylation is 1. The van der Waals surface area contributed by atoms with Crippen LogP contribution in [0.25, 0.3) is 0 Å². The van der Waals surface area contributed by atoms with Crippen LogP contribution in [0, 0.1) is 13.8 Å². The van der Waals surface area contributed by atoms with Crippen LogP contribution in [-0.4, -0.2) is 50.1 Å². The molecule has 1 N–H and O–H groups in total. The summed E-state index contributed by atoms with van der Waals surface area (Å²) >= 11 is 0. The van der Waals surface area contributed by atoms with Gasteiger partial charge in [0.25, 0.3) is 0 Å². The topological polar surface area (TPSA) is 65.5 Å². The summed E-state index contributed by atoms with van der Waals surface area (Å²) in [7, 11) is 1.69. The van der Waals surface area contributed by atoms with Gasteiger partial charge in [-0.15, -0.1) is 0 Å². The van der Waals surface area contributed by atoms with Crippen LogP contribution in [0.3, 0.4) is 0 Å². The number of hydrogen-bond acceptors (Lipinski definition) is 6. The molecule has 0 aliphatic carbocycles. The van der Waals surface area contributed by atoms with Crippen molar-refractivity contribution in [3.63, 3.8) is 0 Å². The molecule has 0 saturated carbocycles. The summed E-state index contributed by atoms with van der Waals surface area (Å²) in [6.45, 7) is 9.09. The maximum absolute atomic E-state index is 5.66. The Morgan fingerprint density at radius 3 is 2.55 bits per heavy atom. The van der Waals surface area contributed by atoms with E-state index < -0.39 is 0 Å². The second-order valence-corrected chi connectivity index (χ2v) is 4.39. The lowest BCUT2D eigenvalue weighted by atomic mass is 10.3. The molecule has 0 aromatic carbocycles. The van der Waals surface area contributed by atoms with Crippen LogP contribution in [0.5, 0.6) is 5.88 Å². The van der Waals surface area contributed by atoms with Crippen LogP contribution in [0.15, 0.2) is 0 Å². The molecule has 0 spiro atoms. The van der Waals surface area contributed by atoms with Crippen molar-refractivity contribution in [3.05, 3.63) is 11.4 Å². The van der Waals surface area contributed by atoms with Crippen molar-refractivity contribution in [1.29, 1.82) is 0 Å². The minimum atomic E-state index is 0.482. The Balaban J connectivity index is 2.39. The van der Waals surface area contributed by atoms with Gasteiger partial charge in [0, 0.05) is 26.9 Å². The molecule has 0 saturated heterocycles. The summed E-state index contributed by atoms with van der Waals surface area (Å²) in [5.41, 5.74) is 0.928. The smallest absolute Gasteiger partial charge is 0.221 e. The molecule has 6 nitrogen and oxygen atoms in total. The number of nitrogens with one attached hydrogen (secondary N) is 1. The average molecular weight is 283 g/mol. The summed E-state index contributed by atoms with van der Waals surface area (Å²) < 4.78 is 16.1. The molecule has 0 aliphatic heterocycles. The van der Waals surface area contributed by atoms with Crippen molar-refractivity contribution >= 4 is 5.82 Å². The van der Waals surface area contributed by atoms with Gasteiger partial charge in [0.05, 0.1) is 12.2 Å². The highest BCUT2D eigenvalue weighted by atomic mass is 16.5. The summed E-state index contributed by atoms with van der Waals surface area (Å²) in [4.78, 5) is 8.67. The molecule has 114 valence electrons. The molecule has 1 aromatic heterocycles. The number of aromatic nitrogens is 2. The average Bonchev–Trinajstić information content (AvgIpc) is 2.43. The first kappa shape index (κ1) is 16.7. The van der Waals surface area contributed by atoms with Gasteiger partial charge in [-0.1, -0.05) is 0 Å². The first-order valence-corrected chi connectivity index (χ1v) is 6.97. The van der Waals surface area contributed by atoms with E-state index in [1.54, 1.807) is 7.11 Å². The molecule has 0 unspecified atom stereocenters. The third-order valence-electron chi connectivity index (χ3n) is 2.66. The molecule has 0 aliphatic rings. The number of hydrogen-bond donors (Lipinski definition) is 1. The maximum Gasteiger partial charge on any atom is 0.221 e. The van der Waals surface area contributed by atoms with E-state index in [2.05, 4.69) is 15.3 Å². The molecule has 1 aromatic rings. The van der Waals surface area contributed by atoms with Crippen LogP contribution in [-0.2, 0) is 9.47 Å². The molecule has 0 fully saturated rings. The molecule has 6 heteroatoms. The lowest BCUT2D eigenvalue weighted by molar-refractivity contribution is 0.0793. The van der Waals surface area contributed by atoms with Gasteiger partial charge in [-0.05, 0) is 27.2 Å². The van der Waals surface area contributed by atoms with Gasteiger partial charge < -0.3 is 19.5 Å². The predicted octanol–water partition coefficient (Wildman–Crippen LogP) is 1.96. The molecule has 1 heterocycles. The first-order chi connectivity index (χ1) is 9.69. The zero-order valence-corrected chi connectivity index (χ0v) is 12.9. The van der Waals surface area contributed by atoms with Gasteiger partial charge in [0.2, 0.25) is 5.88 Å². The highest BCUT2D eigenvalue weighted by molar-refractivity contribution is 5.48. The summed E-state index contributed by atoms with van der Waals surface area (Å²) in [6.07, 6.45) is 0.896. The normalized spacial score (nSPS) is 10.6. The summed E-state index contributed by atoms with van der Waals surface area (Å²) in [6, 6.07) is 0. The monoisotopic (exact) mass is 283 g/mol. The van der Waals surface area contributed by atoms with E-state index in [4.69, 9.17) is 14.2 Å². The van der Waals surface area contributed by atoms with Gasteiger partial charge in [-0.3, -0.25) is 0 Å². The van der Waals surface area contributed by atoms with Crippen molar-refractivity contribution in [2.75, 3.05) is 45.4 Å². The van der Waals surface area contributed by atoms with Crippen molar-refractivity contribution < 1.29 is 14.2 Å². The van der Waals surface area contributed by atoms with Crippen LogP contribution in [0.2, 0.25) is 0 Å². The first-order valence-electron chi connectivity index (χ1n) is 6.97. The SMILES string of the molecule is CCNc1nc(C)nc(OCCOCCCOC)c1C. The van der Waals surface area contributed by atoms with E-state index >= 15 is 0 Å².